The fraction of sp³-hybridized carbons (Fsp3) is 0.455. The van der Waals surface area contributed by atoms with Crippen LogP contribution < -0.4 is 5.32 Å². The molecule has 1 aliphatic rings. The predicted octanol–water partition coefficient (Wildman–Crippen LogP) is 1.63. The van der Waals surface area contributed by atoms with Crippen LogP contribution in [0.3, 0.4) is 0 Å². The summed E-state index contributed by atoms with van der Waals surface area (Å²) in [7, 11) is 0. The maximum absolute atomic E-state index is 3.75. The highest BCUT2D eigenvalue weighted by atomic mass is 15.2. The molecule has 0 bridgehead atoms. The number of aliphatic imine (C=N–C) groups is 3. The minimum absolute atomic E-state index is 0.162. The first-order chi connectivity index (χ1) is 8.80. The minimum atomic E-state index is 0.162. The predicted molar refractivity (Wildman–Crippen MR) is 74.2 cm³/mol. The molecule has 0 saturated carbocycles. The van der Waals surface area contributed by atoms with Crippen LogP contribution >= 0.6 is 0 Å². The largest absolute Gasteiger partial charge is 0.317 e. The van der Waals surface area contributed by atoms with Crippen LogP contribution in [0.4, 0.5) is 17.8 Å². The zero-order valence-electron chi connectivity index (χ0n) is 10.3. The van der Waals surface area contributed by atoms with Crippen molar-refractivity contribution < 1.29 is 0 Å². The van der Waals surface area contributed by atoms with Crippen molar-refractivity contribution in [2.75, 3.05) is 13.1 Å². The summed E-state index contributed by atoms with van der Waals surface area (Å²) >= 11 is 0. The molecule has 0 radical (unpaired) electrons. The molecule has 2 rings (SSSR count). The molecule has 1 N–H and O–H groups in total. The number of hydrogen-bond acceptors (Lipinski definition) is 7. The topological polar surface area (TPSA) is 87.8 Å². The van der Waals surface area contributed by atoms with Crippen LogP contribution in [-0.2, 0) is 0 Å². The molecule has 1 aromatic heterocycles. The minimum Gasteiger partial charge on any atom is -0.317 e. The van der Waals surface area contributed by atoms with Gasteiger partial charge in [0.2, 0.25) is 0 Å². The standard InChI is InChI=1S/C6H6N6.C5H11N/c1-7-4-10-5(8-2)12-6(9-3)11-4;1-2-4-6-5-3-1/h1-3H2;6H,1-5H2. The third-order valence-electron chi connectivity index (χ3n) is 2.23. The third-order valence-corrected chi connectivity index (χ3v) is 2.23. The quantitative estimate of drug-likeness (QED) is 0.822. The Morgan fingerprint density at radius 2 is 1.11 bits per heavy atom. The molecule has 1 aromatic rings. The van der Waals surface area contributed by atoms with Crippen molar-refractivity contribution in [3.63, 3.8) is 0 Å². The number of hydrogen-bond donors (Lipinski definition) is 1. The highest BCUT2D eigenvalue weighted by Gasteiger charge is 2.00. The second-order valence-electron chi connectivity index (χ2n) is 3.52. The second kappa shape index (κ2) is 8.13. The molecule has 0 atom stereocenters. The second-order valence-corrected chi connectivity index (χ2v) is 3.52. The van der Waals surface area contributed by atoms with Gasteiger partial charge in [0.1, 0.15) is 0 Å². The Labute approximate surface area is 106 Å². The molecule has 0 aliphatic carbocycles. The molecular weight excluding hydrogens is 230 g/mol. The molecule has 1 saturated heterocycles. The first-order valence-electron chi connectivity index (χ1n) is 5.67. The highest BCUT2D eigenvalue weighted by Crippen LogP contribution is 2.13. The van der Waals surface area contributed by atoms with E-state index >= 15 is 0 Å². The van der Waals surface area contributed by atoms with Gasteiger partial charge in [0, 0.05) is 0 Å². The van der Waals surface area contributed by atoms with E-state index < -0.39 is 0 Å². The van der Waals surface area contributed by atoms with Gasteiger partial charge in [0.15, 0.2) is 0 Å². The maximum atomic E-state index is 3.75. The number of nitrogens with zero attached hydrogens (tertiary/aromatic N) is 6. The van der Waals surface area contributed by atoms with Gasteiger partial charge < -0.3 is 5.32 Å². The van der Waals surface area contributed by atoms with E-state index in [1.165, 1.54) is 32.4 Å². The highest BCUT2D eigenvalue weighted by molar-refractivity contribution is 5.44. The van der Waals surface area contributed by atoms with Crippen molar-refractivity contribution in [3.8, 4) is 0 Å². The molecule has 7 nitrogen and oxygen atoms in total. The number of rotatable bonds is 3. The summed E-state index contributed by atoms with van der Waals surface area (Å²) in [5.74, 6) is 0.486. The summed E-state index contributed by atoms with van der Waals surface area (Å²) in [4.78, 5) is 21.8. The first-order valence-corrected chi connectivity index (χ1v) is 5.67. The van der Waals surface area contributed by atoms with Gasteiger partial charge in [0.25, 0.3) is 17.8 Å². The van der Waals surface area contributed by atoms with E-state index in [1.54, 1.807) is 0 Å². The Morgan fingerprint density at radius 3 is 1.28 bits per heavy atom. The van der Waals surface area contributed by atoms with E-state index in [0.717, 1.165) is 0 Å². The van der Waals surface area contributed by atoms with E-state index in [2.05, 4.69) is 55.4 Å². The van der Waals surface area contributed by atoms with Crippen LogP contribution in [0.15, 0.2) is 15.0 Å². The van der Waals surface area contributed by atoms with Crippen molar-refractivity contribution in [1.82, 2.24) is 20.3 Å². The molecule has 7 heteroatoms. The average molecular weight is 247 g/mol. The molecule has 2 heterocycles. The Hall–Kier alpha value is -2.02. The summed E-state index contributed by atoms with van der Waals surface area (Å²) in [6, 6.07) is 0. The average Bonchev–Trinajstić information content (AvgIpc) is 2.49. The van der Waals surface area contributed by atoms with Crippen LogP contribution in [0, 0.1) is 0 Å². The summed E-state index contributed by atoms with van der Waals surface area (Å²) in [6.07, 6.45) is 4.22. The SMILES string of the molecule is C1CCNCC1.C=Nc1nc(N=C)nc(N=C)n1. The van der Waals surface area contributed by atoms with Crippen molar-refractivity contribution in [3.05, 3.63) is 0 Å². The van der Waals surface area contributed by atoms with Crippen LogP contribution in [0.25, 0.3) is 0 Å². The third kappa shape index (κ3) is 4.88. The lowest BCUT2D eigenvalue weighted by atomic mass is 10.2. The lowest BCUT2D eigenvalue weighted by Crippen LogP contribution is -2.21. The van der Waals surface area contributed by atoms with Crippen LogP contribution in [0.5, 0.6) is 0 Å². The van der Waals surface area contributed by atoms with Gasteiger partial charge in [-0.3, -0.25) is 0 Å². The van der Waals surface area contributed by atoms with Crippen LogP contribution in [0.1, 0.15) is 19.3 Å². The lowest BCUT2D eigenvalue weighted by Gasteiger charge is -2.08. The molecule has 1 fully saturated rings. The number of nitrogens with one attached hydrogen (secondary N) is 1. The van der Waals surface area contributed by atoms with Crippen molar-refractivity contribution in [1.29, 1.82) is 0 Å². The first kappa shape index (κ1) is 14.0. The molecule has 0 amide bonds. The van der Waals surface area contributed by atoms with Crippen molar-refractivity contribution in [2.45, 2.75) is 19.3 Å². The van der Waals surface area contributed by atoms with E-state index in [1.807, 2.05) is 0 Å². The molecule has 1 aliphatic heterocycles. The van der Waals surface area contributed by atoms with Gasteiger partial charge in [-0.25, -0.2) is 15.0 Å². The molecule has 96 valence electrons. The molecule has 0 unspecified atom stereocenters. The number of piperidine rings is 1. The van der Waals surface area contributed by atoms with Crippen molar-refractivity contribution >= 4 is 38.0 Å². The Balaban J connectivity index is 0.000000225. The zero-order chi connectivity index (χ0) is 13.2. The van der Waals surface area contributed by atoms with Crippen LogP contribution in [-0.4, -0.2) is 48.2 Å². The van der Waals surface area contributed by atoms with Gasteiger partial charge in [0.05, 0.1) is 0 Å². The normalized spacial score (nSPS) is 14.0. The maximum Gasteiger partial charge on any atom is 0.255 e. The molecule has 18 heavy (non-hydrogen) atoms. The molecule has 0 spiro atoms. The Kier molecular flexibility index (Phi) is 6.34. The van der Waals surface area contributed by atoms with Gasteiger partial charge in [-0.15, -0.1) is 0 Å². The fourth-order valence-electron chi connectivity index (χ4n) is 1.36. The van der Waals surface area contributed by atoms with E-state index in [0.29, 0.717) is 0 Å². The van der Waals surface area contributed by atoms with Crippen molar-refractivity contribution in [2.24, 2.45) is 15.0 Å². The zero-order valence-corrected chi connectivity index (χ0v) is 10.3. The molecule has 0 aromatic carbocycles. The fourth-order valence-corrected chi connectivity index (χ4v) is 1.36. The Bertz CT molecular complexity index is 336. The van der Waals surface area contributed by atoms with Gasteiger partial charge in [-0.05, 0) is 46.1 Å². The Morgan fingerprint density at radius 1 is 0.722 bits per heavy atom. The van der Waals surface area contributed by atoms with Crippen LogP contribution in [0.2, 0.25) is 0 Å². The lowest BCUT2D eigenvalue weighted by molar-refractivity contribution is 0.520. The smallest absolute Gasteiger partial charge is 0.255 e. The van der Waals surface area contributed by atoms with E-state index in [-0.39, 0.29) is 17.8 Å². The van der Waals surface area contributed by atoms with Gasteiger partial charge in [-0.2, -0.15) is 15.0 Å². The number of aromatic nitrogens is 3. The summed E-state index contributed by atoms with van der Waals surface area (Å²) in [5.41, 5.74) is 0. The molecular formula is C11H17N7. The van der Waals surface area contributed by atoms with Gasteiger partial charge in [-0.1, -0.05) is 6.42 Å². The van der Waals surface area contributed by atoms with E-state index in [9.17, 15) is 0 Å². The summed E-state index contributed by atoms with van der Waals surface area (Å²) < 4.78 is 0. The van der Waals surface area contributed by atoms with E-state index in [4.69, 9.17) is 0 Å². The summed E-state index contributed by atoms with van der Waals surface area (Å²) in [5, 5.41) is 3.28. The summed E-state index contributed by atoms with van der Waals surface area (Å²) in [6.45, 7) is 12.3. The van der Waals surface area contributed by atoms with Gasteiger partial charge >= 0.3 is 0 Å². The monoisotopic (exact) mass is 247 g/mol.